The zero-order chi connectivity index (χ0) is 12.9. The molecular weight excluding hydrogens is 220 g/mol. The number of carbonyl (C=O) groups is 1. The van der Waals surface area contributed by atoms with E-state index in [1.807, 2.05) is 0 Å². The predicted molar refractivity (Wildman–Crippen MR) is 66.6 cm³/mol. The molecule has 0 fully saturated rings. The van der Waals surface area contributed by atoms with E-state index in [0.29, 0.717) is 13.1 Å². The highest BCUT2D eigenvalue weighted by Crippen LogP contribution is 1.91. The summed E-state index contributed by atoms with van der Waals surface area (Å²) in [6, 6.07) is 0. The molecule has 0 aromatic carbocycles. The van der Waals surface area contributed by atoms with Crippen molar-refractivity contribution in [1.82, 2.24) is 10.2 Å². The minimum Gasteiger partial charge on any atom is -0.453 e. The molecular formula is C12H22N2O3. The van der Waals surface area contributed by atoms with Crippen molar-refractivity contribution < 1.29 is 14.6 Å². The van der Waals surface area contributed by atoms with Crippen LogP contribution in [0, 0.1) is 11.8 Å². The fraction of sp³-hybridized carbons (Fsp3) is 0.750. The van der Waals surface area contributed by atoms with E-state index >= 15 is 0 Å². The van der Waals surface area contributed by atoms with Crippen molar-refractivity contribution >= 4 is 6.09 Å². The number of unbranched alkanes of at least 4 members (excludes halogenated alkanes) is 2. The number of aliphatic hydroxyl groups is 1. The van der Waals surface area contributed by atoms with E-state index in [9.17, 15) is 4.79 Å². The smallest absolute Gasteiger partial charge is 0.410 e. The number of ether oxygens (including phenoxy) is 1. The first kappa shape index (κ1) is 15.8. The molecule has 0 aromatic rings. The van der Waals surface area contributed by atoms with Crippen molar-refractivity contribution in [3.8, 4) is 11.8 Å². The third kappa shape index (κ3) is 9.67. The number of hydrogen-bond acceptors (Lipinski definition) is 4. The summed E-state index contributed by atoms with van der Waals surface area (Å²) < 4.78 is 4.53. The maximum absolute atomic E-state index is 11.0. The molecule has 0 aliphatic rings. The van der Waals surface area contributed by atoms with Gasteiger partial charge in [0.25, 0.3) is 0 Å². The Hall–Kier alpha value is -1.25. The quantitative estimate of drug-likeness (QED) is 0.502. The largest absolute Gasteiger partial charge is 0.453 e. The Morgan fingerprint density at radius 1 is 1.35 bits per heavy atom. The van der Waals surface area contributed by atoms with E-state index in [0.717, 1.165) is 25.8 Å². The normalized spacial score (nSPS) is 9.35. The number of nitrogens with one attached hydrogen (secondary N) is 1. The van der Waals surface area contributed by atoms with Gasteiger partial charge in [-0.2, -0.15) is 0 Å². The number of nitrogens with zero attached hydrogens (tertiary/aromatic N) is 1. The third-order valence-corrected chi connectivity index (χ3v) is 2.15. The highest BCUT2D eigenvalue weighted by atomic mass is 16.5. The summed E-state index contributed by atoms with van der Waals surface area (Å²) in [6.45, 7) is 2.16. The van der Waals surface area contributed by atoms with Crippen LogP contribution in [-0.2, 0) is 4.74 Å². The Balaban J connectivity index is 3.40. The van der Waals surface area contributed by atoms with Gasteiger partial charge in [-0.25, -0.2) is 4.79 Å². The Morgan fingerprint density at radius 2 is 2.12 bits per heavy atom. The number of rotatable bonds is 7. The average molecular weight is 242 g/mol. The SMILES string of the molecule is COC(=O)N(C)CC#CCNCCCCCO. The molecule has 0 heterocycles. The average Bonchev–Trinajstić information content (AvgIpc) is 2.35. The lowest BCUT2D eigenvalue weighted by Gasteiger charge is -2.10. The van der Waals surface area contributed by atoms with E-state index in [1.165, 1.54) is 12.0 Å². The maximum Gasteiger partial charge on any atom is 0.410 e. The lowest BCUT2D eigenvalue weighted by atomic mass is 10.2. The van der Waals surface area contributed by atoms with Gasteiger partial charge in [0.05, 0.1) is 20.2 Å². The number of amides is 1. The summed E-state index contributed by atoms with van der Waals surface area (Å²) >= 11 is 0. The van der Waals surface area contributed by atoms with Crippen molar-refractivity contribution in [2.45, 2.75) is 19.3 Å². The van der Waals surface area contributed by atoms with Gasteiger partial charge in [0.1, 0.15) is 0 Å². The van der Waals surface area contributed by atoms with E-state index in [1.54, 1.807) is 7.05 Å². The molecule has 98 valence electrons. The monoisotopic (exact) mass is 242 g/mol. The van der Waals surface area contributed by atoms with Crippen LogP contribution in [0.15, 0.2) is 0 Å². The predicted octanol–water partition coefficient (Wildman–Crippen LogP) is 0.440. The van der Waals surface area contributed by atoms with Gasteiger partial charge >= 0.3 is 6.09 Å². The Morgan fingerprint density at radius 3 is 2.76 bits per heavy atom. The van der Waals surface area contributed by atoms with Crippen molar-refractivity contribution in [1.29, 1.82) is 0 Å². The van der Waals surface area contributed by atoms with Gasteiger partial charge in [-0.05, 0) is 25.8 Å². The molecule has 0 radical (unpaired) electrons. The molecule has 0 aromatic heterocycles. The van der Waals surface area contributed by atoms with Gasteiger partial charge in [0.15, 0.2) is 0 Å². The van der Waals surface area contributed by atoms with E-state index < -0.39 is 0 Å². The Labute approximate surface area is 103 Å². The minimum absolute atomic E-state index is 0.264. The molecule has 5 heteroatoms. The second kappa shape index (κ2) is 11.2. The first-order valence-corrected chi connectivity index (χ1v) is 5.78. The molecule has 0 bridgehead atoms. The van der Waals surface area contributed by atoms with Crippen LogP contribution in [0.25, 0.3) is 0 Å². The topological polar surface area (TPSA) is 61.8 Å². The fourth-order valence-electron chi connectivity index (χ4n) is 1.15. The van der Waals surface area contributed by atoms with Crippen LogP contribution in [0.4, 0.5) is 4.79 Å². The molecule has 2 N–H and O–H groups in total. The maximum atomic E-state index is 11.0. The van der Waals surface area contributed by atoms with Crippen LogP contribution in [0.5, 0.6) is 0 Å². The Kier molecular flexibility index (Phi) is 10.4. The summed E-state index contributed by atoms with van der Waals surface area (Å²) in [4.78, 5) is 12.4. The van der Waals surface area contributed by atoms with Gasteiger partial charge in [-0.1, -0.05) is 11.8 Å². The van der Waals surface area contributed by atoms with Crippen LogP contribution in [-0.4, -0.2) is 56.5 Å². The second-order valence-electron chi connectivity index (χ2n) is 3.64. The Bertz CT molecular complexity index is 258. The molecule has 5 nitrogen and oxygen atoms in total. The molecule has 0 unspecified atom stereocenters. The lowest BCUT2D eigenvalue weighted by Crippen LogP contribution is -2.26. The number of aliphatic hydroxyl groups excluding tert-OH is 1. The number of hydrogen-bond donors (Lipinski definition) is 2. The molecule has 17 heavy (non-hydrogen) atoms. The van der Waals surface area contributed by atoms with Crippen LogP contribution in [0.2, 0.25) is 0 Å². The van der Waals surface area contributed by atoms with Gasteiger partial charge in [0.2, 0.25) is 0 Å². The lowest BCUT2D eigenvalue weighted by molar-refractivity contribution is 0.138. The number of carbonyl (C=O) groups excluding carboxylic acids is 1. The summed E-state index contributed by atoms with van der Waals surface area (Å²) in [5.74, 6) is 5.80. The highest BCUT2D eigenvalue weighted by molar-refractivity contribution is 5.67. The molecule has 0 rings (SSSR count). The summed E-state index contributed by atoms with van der Waals surface area (Å²) in [5.41, 5.74) is 0. The van der Waals surface area contributed by atoms with Crippen molar-refractivity contribution in [3.05, 3.63) is 0 Å². The summed E-state index contributed by atoms with van der Waals surface area (Å²) in [7, 11) is 2.99. The molecule has 1 amide bonds. The molecule has 0 aliphatic heterocycles. The first-order chi connectivity index (χ1) is 8.22. The summed E-state index contributed by atoms with van der Waals surface area (Å²) in [6.07, 6.45) is 2.56. The van der Waals surface area contributed by atoms with Gasteiger partial charge in [0, 0.05) is 13.7 Å². The van der Waals surface area contributed by atoms with Gasteiger partial charge in [-0.15, -0.1) is 0 Å². The minimum atomic E-state index is -0.378. The second-order valence-corrected chi connectivity index (χ2v) is 3.64. The van der Waals surface area contributed by atoms with Crippen molar-refractivity contribution in [2.24, 2.45) is 0 Å². The fourth-order valence-corrected chi connectivity index (χ4v) is 1.15. The molecule has 0 atom stereocenters. The first-order valence-electron chi connectivity index (χ1n) is 5.78. The zero-order valence-electron chi connectivity index (χ0n) is 10.7. The molecule has 0 spiro atoms. The van der Waals surface area contributed by atoms with Gasteiger partial charge < -0.3 is 20.1 Å². The van der Waals surface area contributed by atoms with E-state index in [-0.39, 0.29) is 12.7 Å². The molecule has 0 saturated carbocycles. The zero-order valence-corrected chi connectivity index (χ0v) is 10.7. The van der Waals surface area contributed by atoms with Crippen LogP contribution in [0.1, 0.15) is 19.3 Å². The molecule has 0 aliphatic carbocycles. The third-order valence-electron chi connectivity index (χ3n) is 2.15. The van der Waals surface area contributed by atoms with Crippen LogP contribution < -0.4 is 5.32 Å². The van der Waals surface area contributed by atoms with E-state index in [2.05, 4.69) is 21.9 Å². The van der Waals surface area contributed by atoms with Gasteiger partial charge in [-0.3, -0.25) is 0 Å². The highest BCUT2D eigenvalue weighted by Gasteiger charge is 2.03. The molecule has 0 saturated heterocycles. The van der Waals surface area contributed by atoms with Crippen molar-refractivity contribution in [3.63, 3.8) is 0 Å². The van der Waals surface area contributed by atoms with E-state index in [4.69, 9.17) is 5.11 Å². The standard InChI is InChI=1S/C12H22N2O3/c1-14(12(16)17-2)10-6-5-9-13-8-4-3-7-11-15/h13,15H,3-4,7-11H2,1-2H3. The summed E-state index contributed by atoms with van der Waals surface area (Å²) in [5, 5.41) is 11.7. The van der Waals surface area contributed by atoms with Crippen molar-refractivity contribution in [2.75, 3.05) is 40.4 Å². The van der Waals surface area contributed by atoms with Crippen LogP contribution >= 0.6 is 0 Å². The van der Waals surface area contributed by atoms with Crippen LogP contribution in [0.3, 0.4) is 0 Å². The number of methoxy groups -OCH3 is 1.